The molecule has 2 heterocycles. The summed E-state index contributed by atoms with van der Waals surface area (Å²) in [5.41, 5.74) is 0. The number of hydrogen-bond donors (Lipinski definition) is 2. The van der Waals surface area contributed by atoms with Gasteiger partial charge in [0.1, 0.15) is 11.6 Å². The molecule has 0 aromatic heterocycles. The molecule has 0 unspecified atom stereocenters. The van der Waals surface area contributed by atoms with Crippen LogP contribution in [0, 0.1) is 0 Å². The van der Waals surface area contributed by atoms with Gasteiger partial charge in [-0.05, 0) is 12.8 Å². The molecule has 5 heteroatoms. The van der Waals surface area contributed by atoms with Gasteiger partial charge < -0.3 is 10.0 Å². The number of hydrogen-bond acceptors (Lipinski definition) is 4. The average Bonchev–Trinajstić information content (AvgIpc) is 2.72. The van der Waals surface area contributed by atoms with Crippen LogP contribution in [0.3, 0.4) is 0 Å². The van der Waals surface area contributed by atoms with Gasteiger partial charge >= 0.3 is 0 Å². The Labute approximate surface area is 81.7 Å². The van der Waals surface area contributed by atoms with Crippen LogP contribution in [0.5, 0.6) is 0 Å². The minimum atomic E-state index is -0.512. The van der Waals surface area contributed by atoms with E-state index in [-0.39, 0.29) is 11.3 Å². The lowest BCUT2D eigenvalue weighted by Gasteiger charge is -2.19. The number of likely N-dealkylation sites (tertiary alicyclic amines) is 1. The van der Waals surface area contributed by atoms with E-state index in [2.05, 4.69) is 5.32 Å². The van der Waals surface area contributed by atoms with E-state index < -0.39 is 6.23 Å². The maximum Gasteiger partial charge on any atom is 0.250 e. The third-order valence-electron chi connectivity index (χ3n) is 2.41. The molecule has 0 radical (unpaired) electrons. The Hall–Kier alpha value is -0.260. The number of nitrogens with zero attached hydrogens (tertiary/aromatic N) is 1. The first-order valence-corrected chi connectivity index (χ1v) is 5.67. The number of amides is 1. The van der Waals surface area contributed by atoms with Crippen LogP contribution in [-0.4, -0.2) is 46.4 Å². The summed E-state index contributed by atoms with van der Waals surface area (Å²) < 4.78 is 0. The van der Waals surface area contributed by atoms with Gasteiger partial charge in [0, 0.05) is 18.8 Å². The van der Waals surface area contributed by atoms with Gasteiger partial charge in [0.2, 0.25) is 5.91 Å². The minimum Gasteiger partial charge on any atom is -0.378 e. The topological polar surface area (TPSA) is 52.6 Å². The molecule has 0 bridgehead atoms. The highest BCUT2D eigenvalue weighted by Gasteiger charge is 2.32. The van der Waals surface area contributed by atoms with Crippen molar-refractivity contribution in [3.05, 3.63) is 0 Å². The van der Waals surface area contributed by atoms with E-state index in [0.717, 1.165) is 25.9 Å². The Balaban J connectivity index is 1.89. The molecule has 2 aliphatic heterocycles. The van der Waals surface area contributed by atoms with Crippen LogP contribution in [0.25, 0.3) is 0 Å². The van der Waals surface area contributed by atoms with E-state index in [4.69, 9.17) is 0 Å². The quantitative estimate of drug-likeness (QED) is 0.607. The first-order chi connectivity index (χ1) is 6.27. The number of rotatable bonds is 1. The highest BCUT2D eigenvalue weighted by molar-refractivity contribution is 8.00. The summed E-state index contributed by atoms with van der Waals surface area (Å²) in [5.74, 6) is 0.753. The van der Waals surface area contributed by atoms with Crippen molar-refractivity contribution < 1.29 is 9.90 Å². The third kappa shape index (κ3) is 1.98. The van der Waals surface area contributed by atoms with Gasteiger partial charge in [0.15, 0.2) is 0 Å². The molecule has 2 aliphatic rings. The van der Waals surface area contributed by atoms with Gasteiger partial charge in [-0.25, -0.2) is 0 Å². The summed E-state index contributed by atoms with van der Waals surface area (Å²) in [5, 5.41) is 11.8. The molecule has 74 valence electrons. The number of nitrogens with one attached hydrogen (secondary N) is 1. The van der Waals surface area contributed by atoms with Crippen LogP contribution >= 0.6 is 11.8 Å². The summed E-state index contributed by atoms with van der Waals surface area (Å²) in [4.78, 5) is 13.6. The Morgan fingerprint density at radius 3 is 2.69 bits per heavy atom. The third-order valence-corrected chi connectivity index (χ3v) is 3.59. The summed E-state index contributed by atoms with van der Waals surface area (Å²) >= 11 is 1.49. The van der Waals surface area contributed by atoms with Gasteiger partial charge in [0.05, 0.1) is 0 Å². The van der Waals surface area contributed by atoms with Gasteiger partial charge in [0.25, 0.3) is 0 Å². The zero-order chi connectivity index (χ0) is 9.26. The van der Waals surface area contributed by atoms with E-state index >= 15 is 0 Å². The fourth-order valence-electron chi connectivity index (χ4n) is 1.70. The molecular formula is C8H14N2O2S. The number of aliphatic hydroxyl groups is 1. The van der Waals surface area contributed by atoms with Crippen molar-refractivity contribution in [2.45, 2.75) is 24.4 Å². The Bertz CT molecular complexity index is 206. The van der Waals surface area contributed by atoms with Crippen LogP contribution in [0.1, 0.15) is 12.8 Å². The highest BCUT2D eigenvalue weighted by Crippen LogP contribution is 2.21. The standard InChI is InChI=1S/C8H14N2O2S/c11-6-5-13-7(9-6)8(12)10-3-1-2-4-10/h6-7,9,11H,1-5H2/t6-,7+/m0/s1. The van der Waals surface area contributed by atoms with Crippen LogP contribution in [0.4, 0.5) is 0 Å². The fourth-order valence-corrected chi connectivity index (χ4v) is 2.72. The molecule has 13 heavy (non-hydrogen) atoms. The van der Waals surface area contributed by atoms with Crippen molar-refractivity contribution in [1.29, 1.82) is 0 Å². The van der Waals surface area contributed by atoms with Crippen LogP contribution in [-0.2, 0) is 4.79 Å². The lowest BCUT2D eigenvalue weighted by atomic mass is 10.4. The molecule has 0 aromatic carbocycles. The first-order valence-electron chi connectivity index (χ1n) is 4.62. The molecule has 2 fully saturated rings. The van der Waals surface area contributed by atoms with Crippen molar-refractivity contribution in [2.24, 2.45) is 0 Å². The van der Waals surface area contributed by atoms with E-state index in [1.54, 1.807) is 0 Å². The predicted molar refractivity (Wildman–Crippen MR) is 51.2 cm³/mol. The molecule has 0 aliphatic carbocycles. The van der Waals surface area contributed by atoms with E-state index in [1.165, 1.54) is 11.8 Å². The maximum absolute atomic E-state index is 11.7. The van der Waals surface area contributed by atoms with Crippen LogP contribution in [0.2, 0.25) is 0 Å². The molecule has 2 N–H and O–H groups in total. The number of carbonyl (C=O) groups excluding carboxylic acids is 1. The Kier molecular flexibility index (Phi) is 2.76. The van der Waals surface area contributed by atoms with E-state index in [1.807, 2.05) is 4.90 Å². The Morgan fingerprint density at radius 2 is 2.15 bits per heavy atom. The second-order valence-electron chi connectivity index (χ2n) is 3.43. The minimum absolute atomic E-state index is 0.138. The number of thioether (sulfide) groups is 1. The summed E-state index contributed by atoms with van der Waals surface area (Å²) in [6.45, 7) is 1.77. The van der Waals surface area contributed by atoms with Crippen molar-refractivity contribution in [2.75, 3.05) is 18.8 Å². The maximum atomic E-state index is 11.7. The van der Waals surface area contributed by atoms with Gasteiger partial charge in [-0.1, -0.05) is 0 Å². The molecule has 2 saturated heterocycles. The molecule has 1 amide bonds. The lowest BCUT2D eigenvalue weighted by molar-refractivity contribution is -0.130. The molecule has 2 rings (SSSR count). The number of aliphatic hydroxyl groups excluding tert-OH is 1. The van der Waals surface area contributed by atoms with Crippen molar-refractivity contribution >= 4 is 17.7 Å². The SMILES string of the molecule is O=C([C@@H]1N[C@@H](O)CS1)N1CCCC1. The normalized spacial score (nSPS) is 34.1. The predicted octanol–water partition coefficient (Wildman–Crippen LogP) is -0.410. The largest absolute Gasteiger partial charge is 0.378 e. The van der Waals surface area contributed by atoms with Gasteiger partial charge in [-0.15, -0.1) is 11.8 Å². The molecular weight excluding hydrogens is 188 g/mol. The number of carbonyl (C=O) groups is 1. The van der Waals surface area contributed by atoms with Crippen LogP contribution in [0.15, 0.2) is 0 Å². The molecule has 0 spiro atoms. The first kappa shape index (κ1) is 9.30. The van der Waals surface area contributed by atoms with Gasteiger partial charge in [-0.3, -0.25) is 10.1 Å². The Morgan fingerprint density at radius 1 is 1.46 bits per heavy atom. The average molecular weight is 202 g/mol. The molecule has 0 saturated carbocycles. The van der Waals surface area contributed by atoms with Gasteiger partial charge in [-0.2, -0.15) is 0 Å². The lowest BCUT2D eigenvalue weighted by Crippen LogP contribution is -2.43. The van der Waals surface area contributed by atoms with Crippen molar-refractivity contribution in [3.63, 3.8) is 0 Å². The monoisotopic (exact) mass is 202 g/mol. The second kappa shape index (κ2) is 3.86. The molecule has 4 nitrogen and oxygen atoms in total. The summed E-state index contributed by atoms with van der Waals surface area (Å²) in [6.07, 6.45) is 1.72. The van der Waals surface area contributed by atoms with Crippen LogP contribution < -0.4 is 5.32 Å². The summed E-state index contributed by atoms with van der Waals surface area (Å²) in [6, 6.07) is 0. The fraction of sp³-hybridized carbons (Fsp3) is 0.875. The zero-order valence-corrected chi connectivity index (χ0v) is 8.22. The van der Waals surface area contributed by atoms with E-state index in [9.17, 15) is 9.90 Å². The van der Waals surface area contributed by atoms with Crippen molar-refractivity contribution in [1.82, 2.24) is 10.2 Å². The zero-order valence-electron chi connectivity index (χ0n) is 7.40. The smallest absolute Gasteiger partial charge is 0.250 e. The molecule has 0 aromatic rings. The van der Waals surface area contributed by atoms with Crippen molar-refractivity contribution in [3.8, 4) is 0 Å². The van der Waals surface area contributed by atoms with E-state index in [0.29, 0.717) is 5.75 Å². The second-order valence-corrected chi connectivity index (χ2v) is 4.57. The highest BCUT2D eigenvalue weighted by atomic mass is 32.2. The summed E-state index contributed by atoms with van der Waals surface area (Å²) in [7, 11) is 0. The molecule has 2 atom stereocenters.